The molecule has 110 valence electrons. The first kappa shape index (κ1) is 15.3. The fourth-order valence-electron chi connectivity index (χ4n) is 2.17. The van der Waals surface area contributed by atoms with E-state index in [0.29, 0.717) is 6.42 Å². The summed E-state index contributed by atoms with van der Waals surface area (Å²) < 4.78 is 5.67. The summed E-state index contributed by atoms with van der Waals surface area (Å²) in [6.07, 6.45) is 4.60. The lowest BCUT2D eigenvalue weighted by Crippen LogP contribution is -1.95. The summed E-state index contributed by atoms with van der Waals surface area (Å²) in [6.45, 7) is 2.94. The van der Waals surface area contributed by atoms with Gasteiger partial charge in [-0.25, -0.2) is 0 Å². The highest BCUT2D eigenvalue weighted by molar-refractivity contribution is 5.64. The molecule has 2 rings (SSSR count). The maximum atomic E-state index is 10.4. The lowest BCUT2D eigenvalue weighted by Gasteiger charge is -2.07. The molecule has 2 heteroatoms. The zero-order valence-corrected chi connectivity index (χ0v) is 12.5. The van der Waals surface area contributed by atoms with Crippen molar-refractivity contribution in [3.63, 3.8) is 0 Å². The van der Waals surface area contributed by atoms with Crippen LogP contribution in [0.15, 0.2) is 48.5 Å². The first-order valence-corrected chi connectivity index (χ1v) is 7.59. The molecule has 0 amide bonds. The maximum Gasteiger partial charge on any atom is 0.120 e. The standard InChI is InChI=1S/C19H22O2/c1-2-3-15-21-19-12-10-18(11-13-19)17-8-6-16(7-9-17)5-4-14-20/h6-14H,2-5,15H2,1H3. The summed E-state index contributed by atoms with van der Waals surface area (Å²) >= 11 is 0. The molecule has 0 spiro atoms. The van der Waals surface area contributed by atoms with Gasteiger partial charge in [-0.2, -0.15) is 0 Å². The lowest BCUT2D eigenvalue weighted by molar-refractivity contribution is -0.107. The third-order valence-electron chi connectivity index (χ3n) is 3.46. The molecule has 0 aliphatic carbocycles. The van der Waals surface area contributed by atoms with Crippen molar-refractivity contribution in [1.82, 2.24) is 0 Å². The van der Waals surface area contributed by atoms with E-state index in [9.17, 15) is 4.79 Å². The Bertz CT molecular complexity index is 541. The summed E-state index contributed by atoms with van der Waals surface area (Å²) in [7, 11) is 0. The molecule has 2 aromatic rings. The van der Waals surface area contributed by atoms with Crippen LogP contribution in [0.5, 0.6) is 5.75 Å². The normalized spacial score (nSPS) is 10.3. The van der Waals surface area contributed by atoms with Crippen molar-refractivity contribution >= 4 is 6.29 Å². The van der Waals surface area contributed by atoms with E-state index >= 15 is 0 Å². The molecule has 21 heavy (non-hydrogen) atoms. The van der Waals surface area contributed by atoms with Gasteiger partial charge in [0.25, 0.3) is 0 Å². The fourth-order valence-corrected chi connectivity index (χ4v) is 2.17. The third-order valence-corrected chi connectivity index (χ3v) is 3.46. The second-order valence-corrected chi connectivity index (χ2v) is 5.13. The highest BCUT2D eigenvalue weighted by atomic mass is 16.5. The van der Waals surface area contributed by atoms with Crippen molar-refractivity contribution in [2.45, 2.75) is 32.6 Å². The highest BCUT2D eigenvalue weighted by Crippen LogP contribution is 2.23. The van der Waals surface area contributed by atoms with Gasteiger partial charge in [0.1, 0.15) is 12.0 Å². The van der Waals surface area contributed by atoms with Crippen LogP contribution in [0.25, 0.3) is 11.1 Å². The SMILES string of the molecule is CCCCOc1ccc(-c2ccc(CCC=O)cc2)cc1. The number of aryl methyl sites for hydroxylation is 1. The van der Waals surface area contributed by atoms with Crippen LogP contribution in [-0.2, 0) is 11.2 Å². The Balaban J connectivity index is 1.99. The van der Waals surface area contributed by atoms with E-state index in [0.717, 1.165) is 37.9 Å². The van der Waals surface area contributed by atoms with Crippen LogP contribution in [0.3, 0.4) is 0 Å². The summed E-state index contributed by atoms with van der Waals surface area (Å²) in [4.78, 5) is 10.4. The number of carbonyl (C=O) groups is 1. The fraction of sp³-hybridized carbons (Fsp3) is 0.316. The number of aldehydes is 1. The monoisotopic (exact) mass is 282 g/mol. The third kappa shape index (κ3) is 4.75. The Morgan fingerprint density at radius 3 is 2.14 bits per heavy atom. The Morgan fingerprint density at radius 2 is 1.57 bits per heavy atom. The van der Waals surface area contributed by atoms with Crippen LogP contribution in [0.2, 0.25) is 0 Å². The van der Waals surface area contributed by atoms with Crippen molar-refractivity contribution < 1.29 is 9.53 Å². The number of hydrogen-bond acceptors (Lipinski definition) is 2. The minimum Gasteiger partial charge on any atom is -0.494 e. The Labute approximate surface area is 126 Å². The van der Waals surface area contributed by atoms with Gasteiger partial charge in [0.05, 0.1) is 6.61 Å². The number of unbranched alkanes of at least 4 members (excludes halogenated alkanes) is 1. The molecule has 0 saturated heterocycles. The number of benzene rings is 2. The van der Waals surface area contributed by atoms with Crippen molar-refractivity contribution in [1.29, 1.82) is 0 Å². The number of hydrogen-bond donors (Lipinski definition) is 0. The molecule has 2 nitrogen and oxygen atoms in total. The van der Waals surface area contributed by atoms with Crippen molar-refractivity contribution in [2.75, 3.05) is 6.61 Å². The van der Waals surface area contributed by atoms with Gasteiger partial charge in [0, 0.05) is 6.42 Å². The average Bonchev–Trinajstić information content (AvgIpc) is 2.54. The molecular formula is C19H22O2. The summed E-state index contributed by atoms with van der Waals surface area (Å²) in [6, 6.07) is 16.6. The molecule has 0 radical (unpaired) electrons. The zero-order chi connectivity index (χ0) is 14.9. The first-order valence-electron chi connectivity index (χ1n) is 7.59. The number of ether oxygens (including phenoxy) is 1. The Hall–Kier alpha value is -2.09. The first-order chi connectivity index (χ1) is 10.3. The van der Waals surface area contributed by atoms with E-state index in [1.807, 2.05) is 12.1 Å². The van der Waals surface area contributed by atoms with Crippen LogP contribution < -0.4 is 4.74 Å². The van der Waals surface area contributed by atoms with Gasteiger partial charge in [-0.1, -0.05) is 49.7 Å². The zero-order valence-electron chi connectivity index (χ0n) is 12.5. The van der Waals surface area contributed by atoms with Crippen LogP contribution in [0.1, 0.15) is 31.7 Å². The van der Waals surface area contributed by atoms with Gasteiger partial charge in [-0.15, -0.1) is 0 Å². The van der Waals surface area contributed by atoms with Gasteiger partial charge in [-0.05, 0) is 41.7 Å². The molecule has 0 unspecified atom stereocenters. The number of carbonyl (C=O) groups excluding carboxylic acids is 1. The summed E-state index contributed by atoms with van der Waals surface area (Å²) in [5, 5.41) is 0. The number of rotatable bonds is 8. The van der Waals surface area contributed by atoms with Crippen LogP contribution in [-0.4, -0.2) is 12.9 Å². The van der Waals surface area contributed by atoms with Crippen molar-refractivity contribution in [3.8, 4) is 16.9 Å². The largest absolute Gasteiger partial charge is 0.494 e. The van der Waals surface area contributed by atoms with Gasteiger partial charge >= 0.3 is 0 Å². The molecule has 0 fully saturated rings. The molecule has 0 atom stereocenters. The van der Waals surface area contributed by atoms with E-state index in [-0.39, 0.29) is 0 Å². The topological polar surface area (TPSA) is 26.3 Å². The highest BCUT2D eigenvalue weighted by Gasteiger charge is 2.00. The predicted molar refractivity (Wildman–Crippen MR) is 86.7 cm³/mol. The van der Waals surface area contributed by atoms with E-state index in [4.69, 9.17) is 4.74 Å². The van der Waals surface area contributed by atoms with Gasteiger partial charge in [-0.3, -0.25) is 0 Å². The van der Waals surface area contributed by atoms with Gasteiger partial charge in [0.15, 0.2) is 0 Å². The van der Waals surface area contributed by atoms with Crippen molar-refractivity contribution in [3.05, 3.63) is 54.1 Å². The van der Waals surface area contributed by atoms with E-state index in [1.165, 1.54) is 16.7 Å². The van der Waals surface area contributed by atoms with Crippen LogP contribution in [0.4, 0.5) is 0 Å². The minimum atomic E-state index is 0.586. The minimum absolute atomic E-state index is 0.586. The maximum absolute atomic E-state index is 10.4. The molecule has 0 saturated carbocycles. The van der Waals surface area contributed by atoms with E-state index < -0.39 is 0 Å². The molecule has 0 aliphatic heterocycles. The molecule has 0 bridgehead atoms. The Kier molecular flexibility index (Phi) is 6.01. The van der Waals surface area contributed by atoms with Crippen molar-refractivity contribution in [2.24, 2.45) is 0 Å². The second-order valence-electron chi connectivity index (χ2n) is 5.13. The smallest absolute Gasteiger partial charge is 0.120 e. The predicted octanol–water partition coefficient (Wildman–Crippen LogP) is 4.66. The van der Waals surface area contributed by atoms with E-state index in [2.05, 4.69) is 43.3 Å². The molecule has 0 heterocycles. The molecular weight excluding hydrogens is 260 g/mol. The van der Waals surface area contributed by atoms with E-state index in [1.54, 1.807) is 0 Å². The molecule has 0 N–H and O–H groups in total. The summed E-state index contributed by atoms with van der Waals surface area (Å²) in [5.41, 5.74) is 3.56. The quantitative estimate of drug-likeness (QED) is 0.520. The second kappa shape index (κ2) is 8.25. The summed E-state index contributed by atoms with van der Waals surface area (Å²) in [5.74, 6) is 0.926. The van der Waals surface area contributed by atoms with Gasteiger partial charge in [0.2, 0.25) is 0 Å². The van der Waals surface area contributed by atoms with Gasteiger partial charge < -0.3 is 9.53 Å². The van der Waals surface area contributed by atoms with Crippen LogP contribution in [0, 0.1) is 0 Å². The average molecular weight is 282 g/mol. The molecule has 0 aromatic heterocycles. The van der Waals surface area contributed by atoms with Crippen LogP contribution >= 0.6 is 0 Å². The molecule has 2 aromatic carbocycles. The molecule has 0 aliphatic rings. The lowest BCUT2D eigenvalue weighted by atomic mass is 10.0. The Morgan fingerprint density at radius 1 is 0.952 bits per heavy atom.